The zero-order valence-electron chi connectivity index (χ0n) is 12.2. The third kappa shape index (κ3) is 6.62. The van der Waals surface area contributed by atoms with Crippen LogP contribution < -0.4 is 0 Å². The van der Waals surface area contributed by atoms with Gasteiger partial charge in [0.2, 0.25) is 0 Å². The van der Waals surface area contributed by atoms with Gasteiger partial charge in [-0.25, -0.2) is 0 Å². The molecule has 1 N–H and O–H groups in total. The molecule has 9 heteroatoms. The van der Waals surface area contributed by atoms with Crippen LogP contribution in [0.5, 0.6) is 0 Å². The monoisotopic (exact) mass is 312 g/mol. The summed E-state index contributed by atoms with van der Waals surface area (Å²) >= 11 is 0. The predicted molar refractivity (Wildman–Crippen MR) is 73.7 cm³/mol. The van der Waals surface area contributed by atoms with E-state index in [0.717, 1.165) is 4.31 Å². The van der Waals surface area contributed by atoms with E-state index >= 15 is 0 Å². The van der Waals surface area contributed by atoms with Crippen molar-refractivity contribution in [1.29, 1.82) is 0 Å². The second-order valence-electron chi connectivity index (χ2n) is 4.12. The van der Waals surface area contributed by atoms with E-state index in [9.17, 15) is 13.2 Å². The second-order valence-corrected chi connectivity index (χ2v) is 6.05. The van der Waals surface area contributed by atoms with Crippen LogP contribution in [0, 0.1) is 0 Å². The van der Waals surface area contributed by atoms with Crippen molar-refractivity contribution >= 4 is 16.2 Å². The fourth-order valence-electron chi connectivity index (χ4n) is 1.57. The van der Waals surface area contributed by atoms with E-state index in [0.29, 0.717) is 6.42 Å². The number of carboxylic acids is 1. The third-order valence-electron chi connectivity index (χ3n) is 2.53. The largest absolute Gasteiger partial charge is 0.480 e. The van der Waals surface area contributed by atoms with Crippen molar-refractivity contribution in [3.63, 3.8) is 0 Å². The van der Waals surface area contributed by atoms with Gasteiger partial charge in [-0.1, -0.05) is 6.92 Å². The molecule has 0 aliphatic carbocycles. The lowest BCUT2D eigenvalue weighted by atomic mass is 10.5. The van der Waals surface area contributed by atoms with Crippen molar-refractivity contribution in [3.8, 4) is 0 Å². The zero-order valence-corrected chi connectivity index (χ0v) is 13.1. The Kier molecular flexibility index (Phi) is 9.68. The van der Waals surface area contributed by atoms with Crippen LogP contribution in [-0.2, 0) is 24.5 Å². The minimum Gasteiger partial charge on any atom is -0.480 e. The Morgan fingerprint density at radius 3 is 1.90 bits per heavy atom. The molecule has 0 unspecified atom stereocenters. The van der Waals surface area contributed by atoms with Gasteiger partial charge in [-0.05, 0) is 6.42 Å². The number of nitrogens with zero attached hydrogens (tertiary/aromatic N) is 2. The summed E-state index contributed by atoms with van der Waals surface area (Å²) in [6.07, 6.45) is 0.537. The lowest BCUT2D eigenvalue weighted by Gasteiger charge is -2.28. The molecule has 0 atom stereocenters. The first-order valence-electron chi connectivity index (χ1n) is 6.35. The fraction of sp³-hybridized carbons (Fsp3) is 0.909. The van der Waals surface area contributed by atoms with Crippen LogP contribution in [0.3, 0.4) is 0 Å². The predicted octanol–water partition coefficient (Wildman–Crippen LogP) is -0.377. The quantitative estimate of drug-likeness (QED) is 0.528. The summed E-state index contributed by atoms with van der Waals surface area (Å²) in [5, 5.41) is 8.83. The van der Waals surface area contributed by atoms with E-state index < -0.39 is 22.7 Å². The van der Waals surface area contributed by atoms with Gasteiger partial charge in [0, 0.05) is 33.9 Å². The summed E-state index contributed by atoms with van der Waals surface area (Å²) in [5.41, 5.74) is 0. The zero-order chi connectivity index (χ0) is 15.6. The summed E-state index contributed by atoms with van der Waals surface area (Å²) in [6, 6.07) is 0. The molecule has 0 rings (SSSR count). The van der Waals surface area contributed by atoms with Gasteiger partial charge in [0.15, 0.2) is 0 Å². The van der Waals surface area contributed by atoms with Crippen molar-refractivity contribution in [2.24, 2.45) is 0 Å². The molecule has 0 radical (unpaired) electrons. The summed E-state index contributed by atoms with van der Waals surface area (Å²) in [6.45, 7) is 2.17. The van der Waals surface area contributed by atoms with E-state index in [1.165, 1.54) is 18.5 Å². The van der Waals surface area contributed by atoms with Gasteiger partial charge in [0.25, 0.3) is 10.2 Å². The number of hydrogen-bond donors (Lipinski definition) is 1. The normalized spacial score (nSPS) is 12.2. The van der Waals surface area contributed by atoms with Gasteiger partial charge >= 0.3 is 5.97 Å². The molecule has 0 aromatic heterocycles. The van der Waals surface area contributed by atoms with Crippen molar-refractivity contribution in [2.75, 3.05) is 53.6 Å². The molecule has 0 aromatic rings. The molecule has 0 aliphatic rings. The first-order chi connectivity index (χ1) is 9.39. The highest BCUT2D eigenvalue weighted by atomic mass is 32.2. The van der Waals surface area contributed by atoms with Gasteiger partial charge < -0.3 is 14.6 Å². The molecule has 0 aromatic carbocycles. The number of hydrogen-bond acceptors (Lipinski definition) is 5. The summed E-state index contributed by atoms with van der Waals surface area (Å²) in [4.78, 5) is 10.8. The highest BCUT2D eigenvalue weighted by Gasteiger charge is 2.30. The van der Waals surface area contributed by atoms with Gasteiger partial charge in [0.1, 0.15) is 6.54 Å². The molecule has 8 nitrogen and oxygen atoms in total. The van der Waals surface area contributed by atoms with Gasteiger partial charge in [0.05, 0.1) is 13.2 Å². The maximum atomic E-state index is 12.4. The van der Waals surface area contributed by atoms with E-state index in [-0.39, 0.29) is 32.8 Å². The molecule has 0 aliphatic heterocycles. The Labute approximate surface area is 120 Å². The number of rotatable bonds is 12. The van der Waals surface area contributed by atoms with Crippen molar-refractivity contribution in [1.82, 2.24) is 8.61 Å². The number of ether oxygens (including phenoxy) is 2. The van der Waals surface area contributed by atoms with Gasteiger partial charge in [-0.3, -0.25) is 4.79 Å². The van der Waals surface area contributed by atoms with Gasteiger partial charge in [-0.15, -0.1) is 0 Å². The second kappa shape index (κ2) is 10.1. The standard InChI is InChI=1S/C11H24N2O6S/c1-4-5-13(10-11(14)15)20(16,17)12(6-8-18-2)7-9-19-3/h4-10H2,1-3H3,(H,14,15). The topological polar surface area (TPSA) is 96.4 Å². The maximum absolute atomic E-state index is 12.4. The first kappa shape index (κ1) is 19.3. The van der Waals surface area contributed by atoms with Crippen LogP contribution in [0.2, 0.25) is 0 Å². The summed E-state index contributed by atoms with van der Waals surface area (Å²) in [5.74, 6) is -1.18. The van der Waals surface area contributed by atoms with Crippen molar-refractivity contribution in [3.05, 3.63) is 0 Å². The Morgan fingerprint density at radius 1 is 1.05 bits per heavy atom. The lowest BCUT2D eigenvalue weighted by Crippen LogP contribution is -2.48. The van der Waals surface area contributed by atoms with Crippen molar-refractivity contribution < 1.29 is 27.8 Å². The molecule has 0 amide bonds. The molecule has 0 heterocycles. The van der Waals surface area contributed by atoms with E-state index in [1.807, 2.05) is 0 Å². The minimum absolute atomic E-state index is 0.155. The third-order valence-corrected chi connectivity index (χ3v) is 4.51. The molecule has 120 valence electrons. The SMILES string of the molecule is CCCN(CC(=O)O)S(=O)(=O)N(CCOC)CCOC. The molecule has 0 fully saturated rings. The average Bonchev–Trinajstić information content (AvgIpc) is 2.37. The molecule has 0 bridgehead atoms. The van der Waals surface area contributed by atoms with Crippen LogP contribution in [0.15, 0.2) is 0 Å². The smallest absolute Gasteiger partial charge is 0.318 e. The molecule has 0 spiro atoms. The Hall–Kier alpha value is -0.740. The average molecular weight is 312 g/mol. The van der Waals surface area contributed by atoms with Gasteiger partial charge in [-0.2, -0.15) is 17.0 Å². The minimum atomic E-state index is -3.84. The Morgan fingerprint density at radius 2 is 1.55 bits per heavy atom. The number of methoxy groups -OCH3 is 2. The van der Waals surface area contributed by atoms with Crippen LogP contribution in [0.1, 0.15) is 13.3 Å². The maximum Gasteiger partial charge on any atom is 0.318 e. The molecular weight excluding hydrogens is 288 g/mol. The Bertz CT molecular complexity index is 365. The fourth-order valence-corrected chi connectivity index (χ4v) is 3.19. The highest BCUT2D eigenvalue weighted by molar-refractivity contribution is 7.86. The Balaban J connectivity index is 5.05. The number of carboxylic acid groups (broad SMARTS) is 1. The molecule has 0 saturated carbocycles. The van der Waals surface area contributed by atoms with Crippen LogP contribution >= 0.6 is 0 Å². The van der Waals surface area contributed by atoms with Crippen LogP contribution in [0.4, 0.5) is 0 Å². The van der Waals surface area contributed by atoms with E-state index in [2.05, 4.69) is 0 Å². The lowest BCUT2D eigenvalue weighted by molar-refractivity contribution is -0.137. The van der Waals surface area contributed by atoms with E-state index in [4.69, 9.17) is 14.6 Å². The summed E-state index contributed by atoms with van der Waals surface area (Å²) in [7, 11) is -0.890. The number of carbonyl (C=O) groups is 1. The summed E-state index contributed by atoms with van der Waals surface area (Å²) < 4.78 is 36.8. The molecule has 0 saturated heterocycles. The first-order valence-corrected chi connectivity index (χ1v) is 7.74. The molecular formula is C11H24N2O6S. The van der Waals surface area contributed by atoms with E-state index in [1.54, 1.807) is 6.92 Å². The molecule has 20 heavy (non-hydrogen) atoms. The highest BCUT2D eigenvalue weighted by Crippen LogP contribution is 2.09. The van der Waals surface area contributed by atoms with Crippen LogP contribution in [0.25, 0.3) is 0 Å². The van der Waals surface area contributed by atoms with Crippen molar-refractivity contribution in [2.45, 2.75) is 13.3 Å². The number of aliphatic carboxylic acids is 1. The van der Waals surface area contributed by atoms with Crippen LogP contribution in [-0.4, -0.2) is 81.7 Å².